The summed E-state index contributed by atoms with van der Waals surface area (Å²) in [5.74, 6) is -0.611. The molecule has 0 heterocycles. The summed E-state index contributed by atoms with van der Waals surface area (Å²) in [4.78, 5) is 11.9. The van der Waals surface area contributed by atoms with Crippen LogP contribution in [0.5, 0.6) is 0 Å². The Morgan fingerprint density at radius 3 is 2.30 bits per heavy atom. The molecule has 3 nitrogen and oxygen atoms in total. The van der Waals surface area contributed by atoms with Gasteiger partial charge in [0.05, 0.1) is 16.0 Å². The van der Waals surface area contributed by atoms with Gasteiger partial charge in [0.25, 0.3) is 0 Å². The highest BCUT2D eigenvalue weighted by Gasteiger charge is 2.33. The number of alkyl halides is 3. The predicted octanol–water partition coefficient (Wildman–Crippen LogP) is 3.61. The van der Waals surface area contributed by atoms with Crippen LogP contribution in [-0.4, -0.2) is 10.9 Å². The van der Waals surface area contributed by atoms with E-state index in [1.54, 1.807) is 0 Å². The van der Waals surface area contributed by atoms with E-state index >= 15 is 0 Å². The molecule has 0 saturated heterocycles. The van der Waals surface area contributed by atoms with Gasteiger partial charge in [-0.15, -0.1) is 0 Å². The van der Waals surface area contributed by atoms with Gasteiger partial charge in [0, 0.05) is 10.7 Å². The van der Waals surface area contributed by atoms with Crippen molar-refractivity contribution in [1.29, 1.82) is 0 Å². The van der Waals surface area contributed by atoms with Crippen LogP contribution in [0, 0.1) is 5.41 Å². The zero-order valence-corrected chi connectivity index (χ0v) is 12.2. The van der Waals surface area contributed by atoms with Crippen molar-refractivity contribution in [2.45, 2.75) is 20.0 Å². The highest BCUT2D eigenvalue weighted by atomic mass is 35.5. The highest BCUT2D eigenvalue weighted by Crippen LogP contribution is 2.33. The quantitative estimate of drug-likeness (QED) is 0.835. The van der Waals surface area contributed by atoms with Crippen molar-refractivity contribution in [1.82, 2.24) is 0 Å². The van der Waals surface area contributed by atoms with Crippen molar-refractivity contribution in [3.63, 3.8) is 0 Å². The lowest BCUT2D eigenvalue weighted by molar-refractivity contribution is -0.137. The Hall–Kier alpha value is -1.34. The molecule has 110 valence electrons. The Morgan fingerprint density at radius 1 is 1.30 bits per heavy atom. The van der Waals surface area contributed by atoms with Gasteiger partial charge < -0.3 is 11.1 Å². The number of hydrogen-bond acceptors (Lipinski definition) is 2. The summed E-state index contributed by atoms with van der Waals surface area (Å²) in [6.45, 7) is 2.94. The van der Waals surface area contributed by atoms with Crippen LogP contribution in [0.25, 0.3) is 0 Å². The van der Waals surface area contributed by atoms with Gasteiger partial charge in [-0.05, 0) is 32.0 Å². The molecule has 3 N–H and O–H groups in total. The summed E-state index contributed by atoms with van der Waals surface area (Å²) in [6, 6.07) is 2.78. The minimum absolute atomic E-state index is 0.0620. The third-order valence-corrected chi connectivity index (χ3v) is 3.40. The van der Waals surface area contributed by atoms with E-state index in [0.717, 1.165) is 12.1 Å². The van der Waals surface area contributed by atoms with Gasteiger partial charge in [-0.3, -0.25) is 4.79 Å². The number of nitrogens with one attached hydrogen (secondary N) is 1. The lowest BCUT2D eigenvalue weighted by Gasteiger charge is -2.22. The molecule has 1 aromatic carbocycles. The van der Waals surface area contributed by atoms with E-state index in [0.29, 0.717) is 0 Å². The van der Waals surface area contributed by atoms with Crippen LogP contribution >= 0.6 is 23.8 Å². The number of amides is 1. The van der Waals surface area contributed by atoms with Gasteiger partial charge in [-0.2, -0.15) is 13.2 Å². The number of carbonyl (C=O) groups excluding carboxylic acids is 1. The van der Waals surface area contributed by atoms with E-state index in [-0.39, 0.29) is 15.7 Å². The molecule has 0 atom stereocenters. The van der Waals surface area contributed by atoms with Crippen LogP contribution in [0.2, 0.25) is 5.02 Å². The Bertz CT molecular complexity index is 558. The molecule has 0 aliphatic rings. The largest absolute Gasteiger partial charge is 0.416 e. The number of nitrogens with two attached hydrogens (primary N) is 1. The summed E-state index contributed by atoms with van der Waals surface area (Å²) in [6.07, 6.45) is -4.55. The average Bonchev–Trinajstić information content (AvgIpc) is 2.26. The van der Waals surface area contributed by atoms with Crippen LogP contribution in [0.4, 0.5) is 18.9 Å². The fraction of sp³-hybridized carbons (Fsp3) is 0.333. The molecule has 0 bridgehead atoms. The molecule has 0 unspecified atom stereocenters. The Labute approximate surface area is 124 Å². The molecule has 0 radical (unpaired) electrons. The maximum Gasteiger partial charge on any atom is 0.416 e. The molecular formula is C12H12ClF3N2OS. The molecule has 1 rings (SSSR count). The van der Waals surface area contributed by atoms with Crippen molar-refractivity contribution in [3.05, 3.63) is 28.8 Å². The van der Waals surface area contributed by atoms with Crippen LogP contribution in [0.3, 0.4) is 0 Å². The number of thiocarbonyl (C=S) groups is 1. The molecular weight excluding hydrogens is 313 g/mol. The Morgan fingerprint density at radius 2 is 1.85 bits per heavy atom. The van der Waals surface area contributed by atoms with Gasteiger partial charge in [0.2, 0.25) is 5.91 Å². The molecule has 0 saturated carbocycles. The van der Waals surface area contributed by atoms with Gasteiger partial charge >= 0.3 is 6.18 Å². The van der Waals surface area contributed by atoms with Gasteiger partial charge in [-0.1, -0.05) is 23.8 Å². The molecule has 8 heteroatoms. The van der Waals surface area contributed by atoms with Crippen molar-refractivity contribution < 1.29 is 18.0 Å². The van der Waals surface area contributed by atoms with Crippen LogP contribution < -0.4 is 11.1 Å². The first-order chi connectivity index (χ1) is 8.94. The second-order valence-corrected chi connectivity index (χ2v) is 5.55. The molecule has 1 aromatic rings. The lowest BCUT2D eigenvalue weighted by atomic mass is 9.92. The molecule has 20 heavy (non-hydrogen) atoms. The second-order valence-electron chi connectivity index (χ2n) is 4.67. The third-order valence-electron chi connectivity index (χ3n) is 2.67. The summed E-state index contributed by atoms with van der Waals surface area (Å²) in [5.41, 5.74) is 3.21. The first kappa shape index (κ1) is 16.7. The Balaban J connectivity index is 3.08. The molecule has 0 fully saturated rings. The topological polar surface area (TPSA) is 55.1 Å². The van der Waals surface area contributed by atoms with E-state index in [4.69, 9.17) is 29.6 Å². The fourth-order valence-electron chi connectivity index (χ4n) is 1.22. The molecule has 0 aliphatic heterocycles. The van der Waals surface area contributed by atoms with E-state index < -0.39 is 23.1 Å². The van der Waals surface area contributed by atoms with Crippen molar-refractivity contribution >= 4 is 40.4 Å². The first-order valence-electron chi connectivity index (χ1n) is 5.43. The molecule has 0 spiro atoms. The highest BCUT2D eigenvalue weighted by molar-refractivity contribution is 7.80. The summed E-state index contributed by atoms with van der Waals surface area (Å²) in [5, 5.41) is 2.19. The standard InChI is InChI=1S/C12H12ClF3N2OS/c1-11(2,9(17)20)10(19)18-8-4-6(12(14,15)16)3-7(13)5-8/h3-5H,1-2H3,(H2,17,20)(H,18,19). The number of halogens is 4. The molecule has 1 amide bonds. The van der Waals surface area contributed by atoms with Gasteiger partial charge in [0.15, 0.2) is 0 Å². The number of benzene rings is 1. The minimum Gasteiger partial charge on any atom is -0.392 e. The summed E-state index contributed by atoms with van der Waals surface area (Å²) in [7, 11) is 0. The smallest absolute Gasteiger partial charge is 0.392 e. The van der Waals surface area contributed by atoms with E-state index in [1.807, 2.05) is 0 Å². The number of hydrogen-bond donors (Lipinski definition) is 2. The van der Waals surface area contributed by atoms with Crippen molar-refractivity contribution in [2.75, 3.05) is 5.32 Å². The SMILES string of the molecule is CC(C)(C(=O)Nc1cc(Cl)cc(C(F)(F)F)c1)C(N)=S. The molecule has 0 aliphatic carbocycles. The zero-order chi connectivity index (χ0) is 15.7. The monoisotopic (exact) mass is 324 g/mol. The van der Waals surface area contributed by atoms with Crippen LogP contribution in [0.1, 0.15) is 19.4 Å². The lowest BCUT2D eigenvalue weighted by Crippen LogP contribution is -2.41. The van der Waals surface area contributed by atoms with Crippen molar-refractivity contribution in [3.8, 4) is 0 Å². The predicted molar refractivity (Wildman–Crippen MR) is 75.7 cm³/mol. The van der Waals surface area contributed by atoms with Crippen molar-refractivity contribution in [2.24, 2.45) is 11.1 Å². The minimum atomic E-state index is -4.55. The summed E-state index contributed by atoms with van der Waals surface area (Å²) >= 11 is 10.4. The van der Waals surface area contributed by atoms with E-state index in [9.17, 15) is 18.0 Å². The maximum absolute atomic E-state index is 12.6. The van der Waals surface area contributed by atoms with Crippen LogP contribution in [0.15, 0.2) is 18.2 Å². The first-order valence-corrected chi connectivity index (χ1v) is 6.22. The van der Waals surface area contributed by atoms with Crippen LogP contribution in [-0.2, 0) is 11.0 Å². The third kappa shape index (κ3) is 3.83. The normalized spacial score (nSPS) is 12.1. The average molecular weight is 325 g/mol. The maximum atomic E-state index is 12.6. The summed E-state index contributed by atoms with van der Waals surface area (Å²) < 4.78 is 37.9. The zero-order valence-electron chi connectivity index (χ0n) is 10.6. The van der Waals surface area contributed by atoms with Gasteiger partial charge in [0.1, 0.15) is 0 Å². The number of carbonyl (C=O) groups is 1. The van der Waals surface area contributed by atoms with E-state index in [2.05, 4.69) is 5.32 Å². The fourth-order valence-corrected chi connectivity index (χ4v) is 1.55. The second kappa shape index (κ2) is 5.57. The van der Waals surface area contributed by atoms with Gasteiger partial charge in [-0.25, -0.2) is 0 Å². The number of rotatable bonds is 3. The van der Waals surface area contributed by atoms with E-state index in [1.165, 1.54) is 19.9 Å². The molecule has 0 aromatic heterocycles. The number of anilines is 1. The Kier molecular flexibility index (Phi) is 4.66.